The lowest BCUT2D eigenvalue weighted by Gasteiger charge is -2.15. The van der Waals surface area contributed by atoms with Crippen molar-refractivity contribution in [2.75, 3.05) is 5.32 Å². The predicted molar refractivity (Wildman–Crippen MR) is 112 cm³/mol. The van der Waals surface area contributed by atoms with Crippen molar-refractivity contribution in [2.45, 2.75) is 33.4 Å². The van der Waals surface area contributed by atoms with Crippen LogP contribution in [0.15, 0.2) is 42.5 Å². The Morgan fingerprint density at radius 3 is 2.66 bits per heavy atom. The fraction of sp³-hybridized carbons (Fsp3) is 0.238. The van der Waals surface area contributed by atoms with Crippen LogP contribution >= 0.6 is 23.2 Å². The van der Waals surface area contributed by atoms with Crippen LogP contribution in [0, 0.1) is 19.7 Å². The van der Waals surface area contributed by atoms with Crippen molar-refractivity contribution in [2.24, 2.45) is 0 Å². The van der Waals surface area contributed by atoms with E-state index in [4.69, 9.17) is 27.9 Å². The molecule has 5 nitrogen and oxygen atoms in total. The minimum Gasteiger partial charge on any atom is -0.481 e. The van der Waals surface area contributed by atoms with E-state index in [2.05, 4.69) is 10.4 Å². The molecule has 3 aromatic rings. The molecule has 0 fully saturated rings. The van der Waals surface area contributed by atoms with Gasteiger partial charge in [0.2, 0.25) is 0 Å². The first-order valence-corrected chi connectivity index (χ1v) is 9.72. The van der Waals surface area contributed by atoms with Gasteiger partial charge < -0.3 is 10.1 Å². The number of nitrogens with zero attached hydrogens (tertiary/aromatic N) is 2. The number of benzene rings is 2. The van der Waals surface area contributed by atoms with E-state index in [1.807, 2.05) is 0 Å². The van der Waals surface area contributed by atoms with Crippen molar-refractivity contribution in [1.82, 2.24) is 9.78 Å². The molecule has 29 heavy (non-hydrogen) atoms. The largest absolute Gasteiger partial charge is 0.481 e. The van der Waals surface area contributed by atoms with Gasteiger partial charge in [0.15, 0.2) is 6.10 Å². The van der Waals surface area contributed by atoms with Gasteiger partial charge in [-0.05, 0) is 51.1 Å². The number of hydrogen-bond donors (Lipinski definition) is 1. The van der Waals surface area contributed by atoms with Crippen molar-refractivity contribution >= 4 is 34.8 Å². The van der Waals surface area contributed by atoms with Gasteiger partial charge in [0.25, 0.3) is 5.91 Å². The second-order valence-electron chi connectivity index (χ2n) is 6.61. The Bertz CT molecular complexity index is 1030. The molecule has 2 aromatic carbocycles. The third-order valence-corrected chi connectivity index (χ3v) is 5.07. The number of hydrogen-bond acceptors (Lipinski definition) is 3. The summed E-state index contributed by atoms with van der Waals surface area (Å²) in [5.41, 5.74) is 2.20. The molecule has 0 aliphatic carbocycles. The van der Waals surface area contributed by atoms with Crippen LogP contribution in [0.1, 0.15) is 23.9 Å². The van der Waals surface area contributed by atoms with Crippen LogP contribution in [0.2, 0.25) is 10.0 Å². The van der Waals surface area contributed by atoms with Crippen molar-refractivity contribution < 1.29 is 13.9 Å². The molecule has 0 spiro atoms. The van der Waals surface area contributed by atoms with Crippen LogP contribution in [-0.4, -0.2) is 21.8 Å². The molecule has 0 aliphatic rings. The molecule has 1 amide bonds. The highest BCUT2D eigenvalue weighted by molar-refractivity contribution is 6.31. The Labute approximate surface area is 178 Å². The van der Waals surface area contributed by atoms with E-state index in [1.54, 1.807) is 61.9 Å². The van der Waals surface area contributed by atoms with E-state index in [1.165, 1.54) is 6.07 Å². The van der Waals surface area contributed by atoms with E-state index >= 15 is 0 Å². The Kier molecular flexibility index (Phi) is 6.45. The summed E-state index contributed by atoms with van der Waals surface area (Å²) in [5, 5.41) is 8.10. The maximum Gasteiger partial charge on any atom is 0.265 e. The number of carbonyl (C=O) groups excluding carboxylic acids is 1. The number of amides is 1. The van der Waals surface area contributed by atoms with Gasteiger partial charge in [0.05, 0.1) is 23.6 Å². The molecule has 0 bridgehead atoms. The Morgan fingerprint density at radius 1 is 1.24 bits per heavy atom. The molecule has 3 rings (SSSR count). The molecule has 0 saturated heterocycles. The smallest absolute Gasteiger partial charge is 0.265 e. The molecule has 152 valence electrons. The first kappa shape index (κ1) is 21.1. The lowest BCUT2D eigenvalue weighted by atomic mass is 10.2. The lowest BCUT2D eigenvalue weighted by Crippen LogP contribution is -2.30. The first-order valence-electron chi connectivity index (χ1n) is 8.96. The molecule has 0 saturated carbocycles. The molecular formula is C21H20Cl2FN3O2. The summed E-state index contributed by atoms with van der Waals surface area (Å²) < 4.78 is 21.4. The average Bonchev–Trinajstić information content (AvgIpc) is 2.92. The molecule has 8 heteroatoms. The zero-order valence-corrected chi connectivity index (χ0v) is 17.7. The van der Waals surface area contributed by atoms with E-state index in [9.17, 15) is 9.18 Å². The highest BCUT2D eigenvalue weighted by atomic mass is 35.5. The van der Waals surface area contributed by atoms with Gasteiger partial charge in [-0.3, -0.25) is 9.48 Å². The number of carbonyl (C=O) groups is 1. The summed E-state index contributed by atoms with van der Waals surface area (Å²) in [6, 6.07) is 11.4. The summed E-state index contributed by atoms with van der Waals surface area (Å²) in [6.45, 7) is 5.37. The Balaban J connectivity index is 1.75. The van der Waals surface area contributed by atoms with Crippen molar-refractivity contribution in [1.29, 1.82) is 0 Å². The van der Waals surface area contributed by atoms with Gasteiger partial charge >= 0.3 is 0 Å². The fourth-order valence-electron chi connectivity index (χ4n) is 2.89. The summed E-state index contributed by atoms with van der Waals surface area (Å²) in [7, 11) is 0. The molecule has 1 atom stereocenters. The van der Waals surface area contributed by atoms with Crippen LogP contribution in [-0.2, 0) is 11.3 Å². The Hall–Kier alpha value is -2.57. The summed E-state index contributed by atoms with van der Waals surface area (Å²) in [5.74, 6) is -0.239. The van der Waals surface area contributed by atoms with Gasteiger partial charge in [-0.2, -0.15) is 5.10 Å². The molecule has 1 aromatic heterocycles. The topological polar surface area (TPSA) is 56.2 Å². The second-order valence-corrected chi connectivity index (χ2v) is 7.45. The maximum absolute atomic E-state index is 14.1. The zero-order chi connectivity index (χ0) is 21.1. The molecule has 0 radical (unpaired) electrons. The monoisotopic (exact) mass is 435 g/mol. The first-order chi connectivity index (χ1) is 13.8. The number of ether oxygens (including phenoxy) is 1. The predicted octanol–water partition coefficient (Wildman–Crippen LogP) is 5.40. The van der Waals surface area contributed by atoms with Gasteiger partial charge in [0, 0.05) is 15.6 Å². The molecule has 0 aliphatic heterocycles. The molecule has 1 N–H and O–H groups in total. The van der Waals surface area contributed by atoms with Crippen LogP contribution in [0.4, 0.5) is 10.1 Å². The SMILES string of the molecule is Cc1nn(Cc2c(F)cccc2Cl)c(C)c1NC(=O)C(C)Oc1cccc(Cl)c1. The van der Waals surface area contributed by atoms with Crippen molar-refractivity contribution in [3.63, 3.8) is 0 Å². The van der Waals surface area contributed by atoms with Crippen LogP contribution in [0.25, 0.3) is 0 Å². The molecule has 1 unspecified atom stereocenters. The highest BCUT2D eigenvalue weighted by Gasteiger charge is 2.20. The Morgan fingerprint density at radius 2 is 1.97 bits per heavy atom. The van der Waals surface area contributed by atoms with Crippen LogP contribution < -0.4 is 10.1 Å². The highest BCUT2D eigenvalue weighted by Crippen LogP contribution is 2.25. The third-order valence-electron chi connectivity index (χ3n) is 4.48. The minimum absolute atomic E-state index is 0.155. The molecule has 1 heterocycles. The van der Waals surface area contributed by atoms with Crippen LogP contribution in [0.5, 0.6) is 5.75 Å². The summed E-state index contributed by atoms with van der Waals surface area (Å²) in [4.78, 5) is 12.6. The van der Waals surface area contributed by atoms with Gasteiger partial charge in [0.1, 0.15) is 11.6 Å². The van der Waals surface area contributed by atoms with E-state index in [0.29, 0.717) is 38.4 Å². The van der Waals surface area contributed by atoms with Gasteiger partial charge in [-0.25, -0.2) is 4.39 Å². The van der Waals surface area contributed by atoms with E-state index < -0.39 is 11.9 Å². The lowest BCUT2D eigenvalue weighted by molar-refractivity contribution is -0.122. The normalized spacial score (nSPS) is 11.9. The van der Waals surface area contributed by atoms with Gasteiger partial charge in [-0.15, -0.1) is 0 Å². The molecular weight excluding hydrogens is 416 g/mol. The number of aryl methyl sites for hydroxylation is 1. The number of aromatic nitrogens is 2. The zero-order valence-electron chi connectivity index (χ0n) is 16.2. The second kappa shape index (κ2) is 8.84. The standard InChI is InChI=1S/C21H20Cl2FN3O2/c1-12-20(25-21(28)14(3)29-16-7-4-6-15(22)10-16)13(2)27(26-12)11-17-18(23)8-5-9-19(17)24/h4-10,14H,11H2,1-3H3,(H,25,28). The number of rotatable bonds is 6. The van der Waals surface area contributed by atoms with Crippen LogP contribution in [0.3, 0.4) is 0 Å². The fourth-order valence-corrected chi connectivity index (χ4v) is 3.29. The van der Waals surface area contributed by atoms with E-state index in [0.717, 1.165) is 0 Å². The number of halogens is 3. The van der Waals surface area contributed by atoms with E-state index in [-0.39, 0.29) is 12.5 Å². The van der Waals surface area contributed by atoms with Crippen molar-refractivity contribution in [3.8, 4) is 5.75 Å². The minimum atomic E-state index is -0.753. The maximum atomic E-state index is 14.1. The van der Waals surface area contributed by atoms with Gasteiger partial charge in [-0.1, -0.05) is 35.3 Å². The summed E-state index contributed by atoms with van der Waals surface area (Å²) >= 11 is 12.1. The number of nitrogens with one attached hydrogen (secondary N) is 1. The average molecular weight is 436 g/mol. The third kappa shape index (κ3) is 4.89. The number of anilines is 1. The van der Waals surface area contributed by atoms with Crippen molar-refractivity contribution in [3.05, 3.63) is 75.3 Å². The summed E-state index contributed by atoms with van der Waals surface area (Å²) in [6.07, 6.45) is -0.753. The quantitative estimate of drug-likeness (QED) is 0.563.